The second-order valence-corrected chi connectivity index (χ2v) is 6.57. The van der Waals surface area contributed by atoms with E-state index in [2.05, 4.69) is 32.0 Å². The fourth-order valence-corrected chi connectivity index (χ4v) is 3.91. The molecule has 1 heterocycles. The van der Waals surface area contributed by atoms with Crippen LogP contribution >= 0.6 is 27.7 Å². The SMILES string of the molecule is Brc1ccc2ncnc(SC3CCCC3)c2c1.CC. The molecule has 1 aromatic carbocycles. The van der Waals surface area contributed by atoms with Gasteiger partial charge in [-0.3, -0.25) is 0 Å². The van der Waals surface area contributed by atoms with Gasteiger partial charge in [-0.05, 0) is 31.0 Å². The molecule has 1 aromatic heterocycles. The summed E-state index contributed by atoms with van der Waals surface area (Å²) in [5.74, 6) is 0. The van der Waals surface area contributed by atoms with Gasteiger partial charge in [0.05, 0.1) is 5.52 Å². The normalized spacial score (nSPS) is 15.3. The molecule has 0 radical (unpaired) electrons. The van der Waals surface area contributed by atoms with Gasteiger partial charge in [0.1, 0.15) is 11.4 Å². The van der Waals surface area contributed by atoms with Crippen LogP contribution in [0.15, 0.2) is 34.0 Å². The number of nitrogens with zero attached hydrogens (tertiary/aromatic N) is 2. The molecule has 4 heteroatoms. The summed E-state index contributed by atoms with van der Waals surface area (Å²) in [6.07, 6.45) is 7.05. The van der Waals surface area contributed by atoms with Crippen LogP contribution in [-0.2, 0) is 0 Å². The van der Waals surface area contributed by atoms with Crippen LogP contribution < -0.4 is 0 Å². The number of rotatable bonds is 2. The predicted molar refractivity (Wildman–Crippen MR) is 86.7 cm³/mol. The van der Waals surface area contributed by atoms with Crippen molar-refractivity contribution in [3.05, 3.63) is 29.0 Å². The Morgan fingerprint density at radius 2 is 1.89 bits per heavy atom. The highest BCUT2D eigenvalue weighted by Gasteiger charge is 2.18. The fourth-order valence-electron chi connectivity index (χ4n) is 2.26. The number of hydrogen-bond acceptors (Lipinski definition) is 3. The topological polar surface area (TPSA) is 25.8 Å². The average Bonchev–Trinajstić information content (AvgIpc) is 2.95. The highest BCUT2D eigenvalue weighted by atomic mass is 79.9. The van der Waals surface area contributed by atoms with Crippen LogP contribution in [0.3, 0.4) is 0 Å². The van der Waals surface area contributed by atoms with E-state index in [1.54, 1.807) is 6.33 Å². The van der Waals surface area contributed by atoms with E-state index in [4.69, 9.17) is 0 Å². The van der Waals surface area contributed by atoms with Gasteiger partial charge in [0.25, 0.3) is 0 Å². The van der Waals surface area contributed by atoms with Crippen molar-refractivity contribution < 1.29 is 0 Å². The highest BCUT2D eigenvalue weighted by molar-refractivity contribution is 9.10. The molecule has 0 amide bonds. The lowest BCUT2D eigenvalue weighted by molar-refractivity contribution is 0.886. The van der Waals surface area contributed by atoms with Gasteiger partial charge in [0, 0.05) is 15.1 Å². The third-order valence-corrected chi connectivity index (χ3v) is 4.99. The molecule has 1 fully saturated rings. The Bertz CT molecular complexity index is 539. The molecule has 1 aliphatic rings. The van der Waals surface area contributed by atoms with E-state index in [0.717, 1.165) is 20.3 Å². The van der Waals surface area contributed by atoms with Crippen LogP contribution in [0.4, 0.5) is 0 Å². The van der Waals surface area contributed by atoms with Gasteiger partial charge in [-0.2, -0.15) is 0 Å². The molecule has 1 aliphatic carbocycles. The lowest BCUT2D eigenvalue weighted by Gasteiger charge is -2.09. The molecule has 2 nitrogen and oxygen atoms in total. The molecule has 0 N–H and O–H groups in total. The fraction of sp³-hybridized carbons (Fsp3) is 0.467. The third-order valence-electron chi connectivity index (χ3n) is 3.14. The Morgan fingerprint density at radius 1 is 1.16 bits per heavy atom. The van der Waals surface area contributed by atoms with Gasteiger partial charge >= 0.3 is 0 Å². The quantitative estimate of drug-likeness (QED) is 0.680. The van der Waals surface area contributed by atoms with Crippen molar-refractivity contribution in [2.45, 2.75) is 49.8 Å². The number of halogens is 1. The summed E-state index contributed by atoms with van der Waals surface area (Å²) in [4.78, 5) is 8.75. The predicted octanol–water partition coefficient (Wildman–Crippen LogP) is 5.45. The molecule has 0 atom stereocenters. The Kier molecular flexibility index (Phi) is 5.64. The van der Waals surface area contributed by atoms with Gasteiger partial charge < -0.3 is 0 Å². The zero-order chi connectivity index (χ0) is 13.7. The average molecular weight is 339 g/mol. The number of hydrogen-bond donors (Lipinski definition) is 0. The first-order valence-electron chi connectivity index (χ1n) is 6.90. The number of aromatic nitrogens is 2. The second kappa shape index (κ2) is 7.25. The molecule has 1 saturated carbocycles. The van der Waals surface area contributed by atoms with Crippen LogP contribution in [0, 0.1) is 0 Å². The van der Waals surface area contributed by atoms with Gasteiger partial charge in [0.2, 0.25) is 0 Å². The maximum atomic E-state index is 4.44. The number of fused-ring (bicyclic) bond motifs is 1. The molecular weight excluding hydrogens is 320 g/mol. The van der Waals surface area contributed by atoms with Crippen molar-refractivity contribution in [3.63, 3.8) is 0 Å². The number of benzene rings is 1. The standard InChI is InChI=1S/C13H13BrN2S.C2H6/c14-9-5-6-12-11(7-9)13(16-8-15-12)17-10-3-1-2-4-10;1-2/h5-8,10H,1-4H2;1-2H3. The summed E-state index contributed by atoms with van der Waals surface area (Å²) >= 11 is 5.43. The van der Waals surface area contributed by atoms with Gasteiger partial charge in [-0.15, -0.1) is 11.8 Å². The maximum absolute atomic E-state index is 4.44. The molecule has 2 aromatic rings. The second-order valence-electron chi connectivity index (χ2n) is 4.36. The number of thioether (sulfide) groups is 1. The minimum absolute atomic E-state index is 0.743. The summed E-state index contributed by atoms with van der Waals surface area (Å²) < 4.78 is 1.09. The van der Waals surface area contributed by atoms with Crippen LogP contribution in [0.1, 0.15) is 39.5 Å². The first kappa shape index (κ1) is 14.8. The molecule has 0 saturated heterocycles. The minimum Gasteiger partial charge on any atom is -0.236 e. The van der Waals surface area contributed by atoms with Crippen molar-refractivity contribution in [2.24, 2.45) is 0 Å². The Morgan fingerprint density at radius 3 is 2.63 bits per heavy atom. The van der Waals surface area contributed by atoms with Crippen molar-refractivity contribution in [1.82, 2.24) is 9.97 Å². The highest BCUT2D eigenvalue weighted by Crippen LogP contribution is 2.36. The summed E-state index contributed by atoms with van der Waals surface area (Å²) in [7, 11) is 0. The molecule has 0 spiro atoms. The van der Waals surface area contributed by atoms with Crippen molar-refractivity contribution in [3.8, 4) is 0 Å². The molecule has 19 heavy (non-hydrogen) atoms. The minimum atomic E-state index is 0.743. The largest absolute Gasteiger partial charge is 0.236 e. The van der Waals surface area contributed by atoms with Crippen LogP contribution in [-0.4, -0.2) is 15.2 Å². The smallest absolute Gasteiger partial charge is 0.117 e. The van der Waals surface area contributed by atoms with Crippen LogP contribution in [0.25, 0.3) is 10.9 Å². The molecule has 3 rings (SSSR count). The van der Waals surface area contributed by atoms with Crippen molar-refractivity contribution in [2.75, 3.05) is 0 Å². The van der Waals surface area contributed by atoms with E-state index >= 15 is 0 Å². The van der Waals surface area contributed by atoms with E-state index in [1.165, 1.54) is 31.1 Å². The van der Waals surface area contributed by atoms with E-state index in [9.17, 15) is 0 Å². The summed E-state index contributed by atoms with van der Waals surface area (Å²) in [5.41, 5.74) is 1.03. The van der Waals surface area contributed by atoms with Crippen LogP contribution in [0.2, 0.25) is 0 Å². The molecule has 0 unspecified atom stereocenters. The van der Waals surface area contributed by atoms with E-state index < -0.39 is 0 Å². The summed E-state index contributed by atoms with van der Waals surface area (Å²) in [5, 5.41) is 3.04. The lowest BCUT2D eigenvalue weighted by atomic mass is 10.2. The molecule has 0 bridgehead atoms. The van der Waals surface area contributed by atoms with Crippen molar-refractivity contribution >= 4 is 38.6 Å². The third kappa shape index (κ3) is 3.69. The maximum Gasteiger partial charge on any atom is 0.117 e. The lowest BCUT2D eigenvalue weighted by Crippen LogP contribution is -1.96. The van der Waals surface area contributed by atoms with Gasteiger partial charge in [-0.1, -0.05) is 42.6 Å². The summed E-state index contributed by atoms with van der Waals surface area (Å²) in [6.45, 7) is 4.00. The molecule has 102 valence electrons. The zero-order valence-corrected chi connectivity index (χ0v) is 13.8. The van der Waals surface area contributed by atoms with Crippen molar-refractivity contribution in [1.29, 1.82) is 0 Å². The van der Waals surface area contributed by atoms with Gasteiger partial charge in [-0.25, -0.2) is 9.97 Å². The van der Waals surface area contributed by atoms with E-state index in [-0.39, 0.29) is 0 Å². The Hall–Kier alpha value is -0.610. The first-order valence-corrected chi connectivity index (χ1v) is 8.57. The van der Waals surface area contributed by atoms with E-state index in [1.807, 2.05) is 37.7 Å². The Labute approximate surface area is 127 Å². The Balaban J connectivity index is 0.000000637. The first-order chi connectivity index (χ1) is 9.33. The van der Waals surface area contributed by atoms with Gasteiger partial charge in [0.15, 0.2) is 0 Å². The molecule has 0 aliphatic heterocycles. The monoisotopic (exact) mass is 338 g/mol. The van der Waals surface area contributed by atoms with Crippen LogP contribution in [0.5, 0.6) is 0 Å². The molecular formula is C15H19BrN2S. The zero-order valence-electron chi connectivity index (χ0n) is 11.4. The summed E-state index contributed by atoms with van der Waals surface area (Å²) in [6, 6.07) is 6.19. The van der Waals surface area contributed by atoms with E-state index in [0.29, 0.717) is 0 Å².